The van der Waals surface area contributed by atoms with E-state index in [1.165, 1.54) is 0 Å². The maximum absolute atomic E-state index is 5.22. The highest BCUT2D eigenvalue weighted by Gasteiger charge is 1.98. The number of fused-ring (bicyclic) bond motifs is 1. The second-order valence-corrected chi connectivity index (χ2v) is 5.60. The summed E-state index contributed by atoms with van der Waals surface area (Å²) in [5, 5.41) is 1.08. The largest absolute Gasteiger partial charge is 0.497 e. The molecule has 3 heteroatoms. The molecule has 0 saturated heterocycles. The van der Waals surface area contributed by atoms with E-state index >= 15 is 0 Å². The number of aromatic nitrogens is 1. The first-order valence-corrected chi connectivity index (χ1v) is 7.42. The summed E-state index contributed by atoms with van der Waals surface area (Å²) in [6.45, 7) is 0. The first kappa shape index (κ1) is 13.8. The summed E-state index contributed by atoms with van der Waals surface area (Å²) in [5.74, 6) is 0.849. The molecule has 3 rings (SSSR count). The fourth-order valence-electron chi connectivity index (χ4n) is 2.13. The van der Waals surface area contributed by atoms with Crippen LogP contribution in [0.4, 0.5) is 0 Å². The molecule has 2 aromatic carbocycles. The molecule has 2 nitrogen and oxygen atoms in total. The van der Waals surface area contributed by atoms with Crippen molar-refractivity contribution < 1.29 is 4.74 Å². The SMILES string of the molecule is COc1ccc2nc(/C=C/c3cccc(Br)c3)ccc2c1. The summed E-state index contributed by atoms with van der Waals surface area (Å²) in [4.78, 5) is 4.63. The molecule has 0 spiro atoms. The van der Waals surface area contributed by atoms with Gasteiger partial charge in [-0.05, 0) is 48.0 Å². The van der Waals surface area contributed by atoms with Crippen molar-refractivity contribution in [2.24, 2.45) is 0 Å². The van der Waals surface area contributed by atoms with Gasteiger partial charge in [0.15, 0.2) is 0 Å². The molecule has 21 heavy (non-hydrogen) atoms. The molecule has 0 aliphatic heterocycles. The lowest BCUT2D eigenvalue weighted by molar-refractivity contribution is 0.415. The van der Waals surface area contributed by atoms with Crippen molar-refractivity contribution in [2.45, 2.75) is 0 Å². The number of hydrogen-bond acceptors (Lipinski definition) is 2. The van der Waals surface area contributed by atoms with E-state index in [-0.39, 0.29) is 0 Å². The Morgan fingerprint density at radius 3 is 2.71 bits per heavy atom. The van der Waals surface area contributed by atoms with Crippen LogP contribution in [0.1, 0.15) is 11.3 Å². The van der Waals surface area contributed by atoms with Gasteiger partial charge in [0, 0.05) is 9.86 Å². The summed E-state index contributed by atoms with van der Waals surface area (Å²) in [6, 6.07) is 18.1. The highest BCUT2D eigenvalue weighted by molar-refractivity contribution is 9.10. The van der Waals surface area contributed by atoms with Crippen molar-refractivity contribution in [2.75, 3.05) is 7.11 Å². The molecule has 1 aromatic heterocycles. The van der Waals surface area contributed by atoms with Crippen molar-refractivity contribution in [1.29, 1.82) is 0 Å². The van der Waals surface area contributed by atoms with Crippen LogP contribution in [0.3, 0.4) is 0 Å². The highest BCUT2D eigenvalue weighted by Crippen LogP contribution is 2.20. The lowest BCUT2D eigenvalue weighted by atomic mass is 10.1. The van der Waals surface area contributed by atoms with Gasteiger partial charge in [-0.1, -0.05) is 40.2 Å². The van der Waals surface area contributed by atoms with Crippen molar-refractivity contribution >= 4 is 39.0 Å². The summed E-state index contributed by atoms with van der Waals surface area (Å²) in [6.07, 6.45) is 4.08. The number of nitrogens with zero attached hydrogens (tertiary/aromatic N) is 1. The van der Waals surface area contributed by atoms with E-state index in [0.29, 0.717) is 0 Å². The van der Waals surface area contributed by atoms with Crippen molar-refractivity contribution in [3.63, 3.8) is 0 Å². The fraction of sp³-hybridized carbons (Fsp3) is 0.0556. The summed E-state index contributed by atoms with van der Waals surface area (Å²) in [7, 11) is 1.67. The number of ether oxygens (including phenoxy) is 1. The number of methoxy groups -OCH3 is 1. The van der Waals surface area contributed by atoms with Gasteiger partial charge in [0.1, 0.15) is 5.75 Å². The number of benzene rings is 2. The van der Waals surface area contributed by atoms with Gasteiger partial charge in [0.25, 0.3) is 0 Å². The molecule has 1 heterocycles. The molecular weight excluding hydrogens is 326 g/mol. The lowest BCUT2D eigenvalue weighted by Gasteiger charge is -2.03. The Kier molecular flexibility index (Phi) is 4.02. The predicted molar refractivity (Wildman–Crippen MR) is 91.4 cm³/mol. The van der Waals surface area contributed by atoms with Gasteiger partial charge < -0.3 is 4.74 Å². The average Bonchev–Trinajstić information content (AvgIpc) is 2.52. The topological polar surface area (TPSA) is 22.1 Å². The van der Waals surface area contributed by atoms with Gasteiger partial charge in [-0.25, -0.2) is 4.98 Å². The van der Waals surface area contributed by atoms with Gasteiger partial charge in [-0.15, -0.1) is 0 Å². The van der Waals surface area contributed by atoms with E-state index in [2.05, 4.69) is 45.2 Å². The third kappa shape index (κ3) is 3.31. The zero-order chi connectivity index (χ0) is 14.7. The Labute approximate surface area is 132 Å². The number of halogens is 1. The van der Waals surface area contributed by atoms with Crippen LogP contribution in [-0.4, -0.2) is 12.1 Å². The normalized spacial score (nSPS) is 11.1. The number of pyridine rings is 1. The second-order valence-electron chi connectivity index (χ2n) is 4.68. The third-order valence-electron chi connectivity index (χ3n) is 3.21. The molecule has 0 fully saturated rings. The average molecular weight is 340 g/mol. The molecule has 0 bridgehead atoms. The van der Waals surface area contributed by atoms with Crippen LogP contribution in [-0.2, 0) is 0 Å². The summed E-state index contributed by atoms with van der Waals surface area (Å²) < 4.78 is 6.30. The maximum atomic E-state index is 5.22. The van der Waals surface area contributed by atoms with Gasteiger partial charge >= 0.3 is 0 Å². The van der Waals surface area contributed by atoms with Gasteiger partial charge in [-0.3, -0.25) is 0 Å². The summed E-state index contributed by atoms with van der Waals surface area (Å²) in [5.41, 5.74) is 3.04. The Morgan fingerprint density at radius 1 is 1.00 bits per heavy atom. The van der Waals surface area contributed by atoms with Crippen molar-refractivity contribution in [3.8, 4) is 5.75 Å². The quantitative estimate of drug-likeness (QED) is 0.656. The van der Waals surface area contributed by atoms with Crippen molar-refractivity contribution in [1.82, 2.24) is 4.98 Å². The zero-order valence-electron chi connectivity index (χ0n) is 11.6. The van der Waals surface area contributed by atoms with Gasteiger partial charge in [0.2, 0.25) is 0 Å². The summed E-state index contributed by atoms with van der Waals surface area (Å²) >= 11 is 3.47. The Morgan fingerprint density at radius 2 is 1.90 bits per heavy atom. The predicted octanol–water partition coefficient (Wildman–Crippen LogP) is 5.18. The molecule has 0 radical (unpaired) electrons. The molecule has 3 aromatic rings. The Bertz CT molecular complexity index is 811. The molecule has 0 aliphatic carbocycles. The Hall–Kier alpha value is -2.13. The van der Waals surface area contributed by atoms with Crippen LogP contribution in [0.25, 0.3) is 23.1 Å². The van der Waals surface area contributed by atoms with E-state index in [0.717, 1.165) is 32.4 Å². The minimum Gasteiger partial charge on any atom is -0.497 e. The molecular formula is C18H14BrNO. The highest BCUT2D eigenvalue weighted by atomic mass is 79.9. The van der Waals surface area contributed by atoms with Crippen LogP contribution in [0.5, 0.6) is 5.75 Å². The van der Waals surface area contributed by atoms with E-state index < -0.39 is 0 Å². The first-order chi connectivity index (χ1) is 10.2. The minimum absolute atomic E-state index is 0.849. The molecule has 0 N–H and O–H groups in total. The third-order valence-corrected chi connectivity index (χ3v) is 3.71. The molecule has 0 atom stereocenters. The van der Waals surface area contributed by atoms with Crippen LogP contribution >= 0.6 is 15.9 Å². The first-order valence-electron chi connectivity index (χ1n) is 6.63. The molecule has 0 unspecified atom stereocenters. The molecule has 0 amide bonds. The number of rotatable bonds is 3. The zero-order valence-corrected chi connectivity index (χ0v) is 13.2. The number of hydrogen-bond donors (Lipinski definition) is 0. The van der Waals surface area contributed by atoms with Gasteiger partial charge in [0.05, 0.1) is 18.3 Å². The molecule has 0 saturated carbocycles. The minimum atomic E-state index is 0.849. The van der Waals surface area contributed by atoms with E-state index in [1.54, 1.807) is 7.11 Å². The van der Waals surface area contributed by atoms with E-state index in [4.69, 9.17) is 4.74 Å². The van der Waals surface area contributed by atoms with Crippen LogP contribution < -0.4 is 4.74 Å². The van der Waals surface area contributed by atoms with Gasteiger partial charge in [-0.2, -0.15) is 0 Å². The molecule has 104 valence electrons. The monoisotopic (exact) mass is 339 g/mol. The fourth-order valence-corrected chi connectivity index (χ4v) is 2.55. The second kappa shape index (κ2) is 6.10. The smallest absolute Gasteiger partial charge is 0.119 e. The lowest BCUT2D eigenvalue weighted by Crippen LogP contribution is -1.86. The standard InChI is InChI=1S/C18H14BrNO/c1-21-17-9-10-18-14(12-17)6-8-16(20-18)7-5-13-3-2-4-15(19)11-13/h2-12H,1H3/b7-5+. The van der Waals surface area contributed by atoms with E-state index in [9.17, 15) is 0 Å². The van der Waals surface area contributed by atoms with Crippen LogP contribution in [0, 0.1) is 0 Å². The van der Waals surface area contributed by atoms with Crippen molar-refractivity contribution in [3.05, 3.63) is 70.3 Å². The Balaban J connectivity index is 1.91. The van der Waals surface area contributed by atoms with Crippen LogP contribution in [0.2, 0.25) is 0 Å². The molecule has 0 aliphatic rings. The maximum Gasteiger partial charge on any atom is 0.119 e. The van der Waals surface area contributed by atoms with E-state index in [1.807, 2.05) is 42.5 Å². The van der Waals surface area contributed by atoms with Crippen LogP contribution in [0.15, 0.2) is 59.1 Å².